The van der Waals surface area contributed by atoms with E-state index in [9.17, 15) is 0 Å². The molecule has 1 unspecified atom stereocenters. The Morgan fingerprint density at radius 3 is 2.10 bits per heavy atom. The molecule has 0 spiro atoms. The van der Waals surface area contributed by atoms with Gasteiger partial charge < -0.3 is 10.6 Å². The molecule has 3 heteroatoms. The molecule has 2 rings (SSSR count). The van der Waals surface area contributed by atoms with Crippen LogP contribution in [-0.4, -0.2) is 11.2 Å². The van der Waals surface area contributed by atoms with Gasteiger partial charge >= 0.3 is 0 Å². The van der Waals surface area contributed by atoms with E-state index in [2.05, 4.69) is 54.0 Å². The lowest BCUT2D eigenvalue weighted by molar-refractivity contribution is 0.649. The van der Waals surface area contributed by atoms with Gasteiger partial charge in [0.1, 0.15) is 0 Å². The highest BCUT2D eigenvalue weighted by atomic mass is 32.1. The summed E-state index contributed by atoms with van der Waals surface area (Å²) in [5.41, 5.74) is 2.55. The molecule has 0 aliphatic carbocycles. The van der Waals surface area contributed by atoms with Crippen molar-refractivity contribution in [1.29, 1.82) is 0 Å². The first-order valence-corrected chi connectivity index (χ1v) is 7.27. The molecule has 104 valence electrons. The van der Waals surface area contributed by atoms with Crippen LogP contribution in [0.1, 0.15) is 18.1 Å². The Labute approximate surface area is 126 Å². The van der Waals surface area contributed by atoms with E-state index in [4.69, 9.17) is 12.2 Å². The maximum Gasteiger partial charge on any atom is 0.166 e. The molecule has 0 aromatic heterocycles. The molecule has 2 nitrogen and oxygen atoms in total. The highest BCUT2D eigenvalue weighted by Crippen LogP contribution is 2.02. The number of benzene rings is 2. The lowest BCUT2D eigenvalue weighted by Crippen LogP contribution is -2.41. The number of rotatable bonds is 5. The molecule has 0 fully saturated rings. The van der Waals surface area contributed by atoms with Crippen molar-refractivity contribution in [1.82, 2.24) is 10.6 Å². The van der Waals surface area contributed by atoms with E-state index in [0.717, 1.165) is 13.0 Å². The van der Waals surface area contributed by atoms with Gasteiger partial charge in [-0.2, -0.15) is 0 Å². The molecule has 0 saturated carbocycles. The van der Waals surface area contributed by atoms with Crippen molar-refractivity contribution < 1.29 is 0 Å². The fraction of sp³-hybridized carbons (Fsp3) is 0.235. The van der Waals surface area contributed by atoms with Crippen LogP contribution in [0.15, 0.2) is 60.7 Å². The zero-order valence-corrected chi connectivity index (χ0v) is 12.5. The van der Waals surface area contributed by atoms with Crippen LogP contribution in [-0.2, 0) is 13.0 Å². The highest BCUT2D eigenvalue weighted by molar-refractivity contribution is 7.80. The fourth-order valence-corrected chi connectivity index (χ4v) is 2.35. The Morgan fingerprint density at radius 2 is 1.50 bits per heavy atom. The topological polar surface area (TPSA) is 24.1 Å². The average Bonchev–Trinajstić information content (AvgIpc) is 2.47. The Kier molecular flexibility index (Phi) is 5.56. The van der Waals surface area contributed by atoms with E-state index in [0.29, 0.717) is 11.2 Å². The zero-order valence-electron chi connectivity index (χ0n) is 11.7. The molecule has 0 aliphatic heterocycles. The lowest BCUT2D eigenvalue weighted by atomic mass is 10.1. The van der Waals surface area contributed by atoms with Gasteiger partial charge in [0.05, 0.1) is 0 Å². The lowest BCUT2D eigenvalue weighted by Gasteiger charge is -2.17. The van der Waals surface area contributed by atoms with Gasteiger partial charge in [-0.05, 0) is 36.7 Å². The normalized spacial score (nSPS) is 11.7. The fourth-order valence-electron chi connectivity index (χ4n) is 2.07. The van der Waals surface area contributed by atoms with Crippen LogP contribution < -0.4 is 10.6 Å². The number of hydrogen-bond donors (Lipinski definition) is 2. The predicted molar refractivity (Wildman–Crippen MR) is 88.6 cm³/mol. The second-order valence-electron chi connectivity index (χ2n) is 4.90. The van der Waals surface area contributed by atoms with Crippen molar-refractivity contribution >= 4 is 17.3 Å². The summed E-state index contributed by atoms with van der Waals surface area (Å²) in [6, 6.07) is 21.0. The minimum Gasteiger partial charge on any atom is -0.360 e. The third-order valence-electron chi connectivity index (χ3n) is 3.06. The molecular formula is C17H20N2S. The first-order chi connectivity index (χ1) is 9.74. The first kappa shape index (κ1) is 14.5. The van der Waals surface area contributed by atoms with Crippen LogP contribution >= 0.6 is 12.2 Å². The van der Waals surface area contributed by atoms with Crippen LogP contribution in [0.5, 0.6) is 0 Å². The Balaban J connectivity index is 1.74. The minimum atomic E-state index is 0.313. The summed E-state index contributed by atoms with van der Waals surface area (Å²) < 4.78 is 0. The van der Waals surface area contributed by atoms with Crippen molar-refractivity contribution in [3.05, 3.63) is 71.8 Å². The van der Waals surface area contributed by atoms with E-state index >= 15 is 0 Å². The van der Waals surface area contributed by atoms with Crippen LogP contribution in [0.4, 0.5) is 0 Å². The van der Waals surface area contributed by atoms with E-state index in [1.54, 1.807) is 0 Å². The van der Waals surface area contributed by atoms with Gasteiger partial charge in [-0.25, -0.2) is 0 Å². The van der Waals surface area contributed by atoms with Gasteiger partial charge in [0.2, 0.25) is 0 Å². The van der Waals surface area contributed by atoms with E-state index in [-0.39, 0.29) is 0 Å². The molecule has 0 saturated heterocycles. The summed E-state index contributed by atoms with van der Waals surface area (Å²) in [6.45, 7) is 2.90. The van der Waals surface area contributed by atoms with Crippen molar-refractivity contribution in [2.75, 3.05) is 0 Å². The summed E-state index contributed by atoms with van der Waals surface area (Å²) in [5.74, 6) is 0. The monoisotopic (exact) mass is 284 g/mol. The maximum atomic E-state index is 5.32. The second kappa shape index (κ2) is 7.65. The molecule has 0 bridgehead atoms. The van der Waals surface area contributed by atoms with Crippen molar-refractivity contribution in [3.8, 4) is 0 Å². The molecule has 2 aromatic rings. The second-order valence-corrected chi connectivity index (χ2v) is 5.31. The van der Waals surface area contributed by atoms with Gasteiger partial charge in [-0.15, -0.1) is 0 Å². The number of thiocarbonyl (C=S) groups is 1. The standard InChI is InChI=1S/C17H20N2S/c1-14(12-15-8-4-2-5-9-15)19-17(20)18-13-16-10-6-3-7-11-16/h2-11,14H,12-13H2,1H3,(H2,18,19,20). The Morgan fingerprint density at radius 1 is 0.950 bits per heavy atom. The number of hydrogen-bond acceptors (Lipinski definition) is 1. The highest BCUT2D eigenvalue weighted by Gasteiger charge is 2.04. The Hall–Kier alpha value is -1.87. The van der Waals surface area contributed by atoms with Crippen LogP contribution in [0.3, 0.4) is 0 Å². The summed E-state index contributed by atoms with van der Waals surface area (Å²) in [5, 5.41) is 7.26. The average molecular weight is 284 g/mol. The minimum absolute atomic E-state index is 0.313. The smallest absolute Gasteiger partial charge is 0.166 e. The third-order valence-corrected chi connectivity index (χ3v) is 3.32. The molecular weight excluding hydrogens is 264 g/mol. The van der Waals surface area contributed by atoms with Crippen molar-refractivity contribution in [2.45, 2.75) is 25.9 Å². The van der Waals surface area contributed by atoms with Gasteiger partial charge in [0, 0.05) is 12.6 Å². The molecule has 20 heavy (non-hydrogen) atoms. The Bertz CT molecular complexity index is 525. The van der Waals surface area contributed by atoms with Crippen molar-refractivity contribution in [3.63, 3.8) is 0 Å². The summed E-state index contributed by atoms with van der Waals surface area (Å²) in [4.78, 5) is 0. The van der Waals surface area contributed by atoms with Crippen LogP contribution in [0.2, 0.25) is 0 Å². The van der Waals surface area contributed by atoms with E-state index < -0.39 is 0 Å². The molecule has 2 N–H and O–H groups in total. The maximum absolute atomic E-state index is 5.32. The zero-order chi connectivity index (χ0) is 14.2. The number of nitrogens with one attached hydrogen (secondary N) is 2. The largest absolute Gasteiger partial charge is 0.360 e. The van der Waals surface area contributed by atoms with E-state index in [1.807, 2.05) is 24.3 Å². The SMILES string of the molecule is CC(Cc1ccccc1)NC(=S)NCc1ccccc1. The molecule has 0 heterocycles. The third kappa shape index (κ3) is 5.02. The van der Waals surface area contributed by atoms with Gasteiger partial charge in [-0.1, -0.05) is 60.7 Å². The van der Waals surface area contributed by atoms with Gasteiger partial charge in [0.25, 0.3) is 0 Å². The summed E-state index contributed by atoms with van der Waals surface area (Å²) in [6.07, 6.45) is 0.966. The van der Waals surface area contributed by atoms with Crippen LogP contribution in [0.25, 0.3) is 0 Å². The van der Waals surface area contributed by atoms with Crippen molar-refractivity contribution in [2.24, 2.45) is 0 Å². The predicted octanol–water partition coefficient (Wildman–Crippen LogP) is 3.28. The first-order valence-electron chi connectivity index (χ1n) is 6.86. The van der Waals surface area contributed by atoms with Gasteiger partial charge in [0.15, 0.2) is 5.11 Å². The molecule has 2 aromatic carbocycles. The summed E-state index contributed by atoms with van der Waals surface area (Å²) in [7, 11) is 0. The molecule has 0 aliphatic rings. The molecule has 0 amide bonds. The van der Waals surface area contributed by atoms with E-state index in [1.165, 1.54) is 11.1 Å². The van der Waals surface area contributed by atoms with Crippen LogP contribution in [0, 0.1) is 0 Å². The van der Waals surface area contributed by atoms with Gasteiger partial charge in [-0.3, -0.25) is 0 Å². The quantitative estimate of drug-likeness (QED) is 0.824. The molecule has 1 atom stereocenters. The molecule has 0 radical (unpaired) electrons. The summed E-state index contributed by atoms with van der Waals surface area (Å²) >= 11 is 5.32.